The van der Waals surface area contributed by atoms with E-state index in [4.69, 9.17) is 0 Å². The number of nitro benzene ring substituents is 1. The van der Waals surface area contributed by atoms with E-state index in [1.165, 1.54) is 18.9 Å². The third-order valence-electron chi connectivity index (χ3n) is 3.48. The number of rotatable bonds is 5. The number of hydrogen-bond acceptors (Lipinski definition) is 4. The van der Waals surface area contributed by atoms with E-state index in [2.05, 4.69) is 24.5 Å². The Morgan fingerprint density at radius 1 is 1.28 bits per heavy atom. The molecule has 18 heavy (non-hydrogen) atoms. The topological polar surface area (TPSA) is 67.2 Å². The predicted octanol–water partition coefficient (Wildman–Crippen LogP) is 3.24. The molecule has 0 saturated heterocycles. The zero-order valence-electron chi connectivity index (χ0n) is 11.0. The summed E-state index contributed by atoms with van der Waals surface area (Å²) in [6.45, 7) is 4.28. The van der Waals surface area contributed by atoms with Crippen LogP contribution in [0.3, 0.4) is 0 Å². The van der Waals surface area contributed by atoms with Gasteiger partial charge in [0.25, 0.3) is 5.69 Å². The van der Waals surface area contributed by atoms with Crippen LogP contribution < -0.4 is 10.6 Å². The summed E-state index contributed by atoms with van der Waals surface area (Å²) >= 11 is 0. The van der Waals surface area contributed by atoms with Gasteiger partial charge in [0.05, 0.1) is 4.92 Å². The van der Waals surface area contributed by atoms with Gasteiger partial charge in [0.15, 0.2) is 0 Å². The molecule has 5 nitrogen and oxygen atoms in total. The maximum atomic E-state index is 10.9. The molecule has 0 aromatic heterocycles. The Bertz CT molecular complexity index is 467. The number of nitro groups is 1. The highest BCUT2D eigenvalue weighted by Gasteiger charge is 2.37. The smallest absolute Gasteiger partial charge is 0.273 e. The Morgan fingerprint density at radius 2 is 1.89 bits per heavy atom. The first-order valence-corrected chi connectivity index (χ1v) is 6.18. The molecule has 2 N–H and O–H groups in total. The fourth-order valence-electron chi connectivity index (χ4n) is 2.21. The van der Waals surface area contributed by atoms with Crippen molar-refractivity contribution in [1.29, 1.82) is 0 Å². The van der Waals surface area contributed by atoms with Crippen LogP contribution in [0.1, 0.15) is 26.7 Å². The number of nitrogens with one attached hydrogen (secondary N) is 2. The van der Waals surface area contributed by atoms with Gasteiger partial charge >= 0.3 is 0 Å². The van der Waals surface area contributed by atoms with E-state index in [-0.39, 0.29) is 16.1 Å². The van der Waals surface area contributed by atoms with Gasteiger partial charge in [0.2, 0.25) is 0 Å². The molecule has 2 rings (SSSR count). The maximum Gasteiger partial charge on any atom is 0.273 e. The van der Waals surface area contributed by atoms with Gasteiger partial charge in [0.1, 0.15) is 0 Å². The quantitative estimate of drug-likeness (QED) is 0.621. The first kappa shape index (κ1) is 12.7. The van der Waals surface area contributed by atoms with Crippen molar-refractivity contribution in [2.45, 2.75) is 32.2 Å². The summed E-state index contributed by atoms with van der Waals surface area (Å²) in [4.78, 5) is 10.5. The van der Waals surface area contributed by atoms with Crippen LogP contribution in [0.4, 0.5) is 17.1 Å². The van der Waals surface area contributed by atoms with Gasteiger partial charge in [-0.05, 0) is 38.7 Å². The monoisotopic (exact) mass is 249 g/mol. The Hall–Kier alpha value is -1.78. The lowest BCUT2D eigenvalue weighted by atomic mass is 9.98. The molecule has 1 aliphatic carbocycles. The van der Waals surface area contributed by atoms with Crippen LogP contribution in [0.5, 0.6) is 0 Å². The van der Waals surface area contributed by atoms with Crippen LogP contribution in [0.2, 0.25) is 0 Å². The molecule has 1 aromatic rings. The highest BCUT2D eigenvalue weighted by Crippen LogP contribution is 2.41. The summed E-state index contributed by atoms with van der Waals surface area (Å²) in [5.74, 6) is 0.662. The molecule has 1 aromatic carbocycles. The van der Waals surface area contributed by atoms with Gasteiger partial charge in [-0.1, -0.05) is 0 Å². The first-order chi connectivity index (χ1) is 8.42. The van der Waals surface area contributed by atoms with Gasteiger partial charge in [-0.3, -0.25) is 10.1 Å². The second-order valence-electron chi connectivity index (χ2n) is 5.40. The highest BCUT2D eigenvalue weighted by molar-refractivity contribution is 5.64. The fourth-order valence-corrected chi connectivity index (χ4v) is 2.21. The van der Waals surface area contributed by atoms with Crippen LogP contribution in [0, 0.1) is 16.0 Å². The lowest BCUT2D eigenvalue weighted by Crippen LogP contribution is -2.33. The second-order valence-corrected chi connectivity index (χ2v) is 5.40. The molecule has 0 radical (unpaired) electrons. The average Bonchev–Trinajstić information content (AvgIpc) is 3.11. The molecule has 5 heteroatoms. The van der Waals surface area contributed by atoms with Gasteiger partial charge in [-0.15, -0.1) is 0 Å². The number of nitrogens with zero attached hydrogens (tertiary/aromatic N) is 1. The van der Waals surface area contributed by atoms with Crippen LogP contribution >= 0.6 is 0 Å². The molecular formula is C13H19N3O2. The Morgan fingerprint density at radius 3 is 2.39 bits per heavy atom. The van der Waals surface area contributed by atoms with E-state index in [0.717, 1.165) is 11.4 Å². The maximum absolute atomic E-state index is 10.9. The fraction of sp³-hybridized carbons (Fsp3) is 0.538. The van der Waals surface area contributed by atoms with Crippen molar-refractivity contribution in [2.24, 2.45) is 5.92 Å². The third kappa shape index (κ3) is 2.72. The Labute approximate surface area is 107 Å². The predicted molar refractivity (Wildman–Crippen MR) is 73.1 cm³/mol. The largest absolute Gasteiger partial charge is 0.388 e. The highest BCUT2D eigenvalue weighted by atomic mass is 16.6. The van der Waals surface area contributed by atoms with Crippen LogP contribution in [-0.4, -0.2) is 17.5 Å². The summed E-state index contributed by atoms with van der Waals surface area (Å²) < 4.78 is 0. The SMILES string of the molecule is CNc1cc(NC(C)(C)C2CC2)cc([N+](=O)[O-])c1. The van der Waals surface area contributed by atoms with Crippen molar-refractivity contribution in [3.05, 3.63) is 28.3 Å². The Balaban J connectivity index is 2.26. The zero-order valence-corrected chi connectivity index (χ0v) is 11.0. The van der Waals surface area contributed by atoms with E-state index < -0.39 is 0 Å². The van der Waals surface area contributed by atoms with Crippen molar-refractivity contribution in [3.63, 3.8) is 0 Å². The van der Waals surface area contributed by atoms with E-state index in [1.807, 2.05) is 6.07 Å². The van der Waals surface area contributed by atoms with Crippen LogP contribution in [0.15, 0.2) is 18.2 Å². The summed E-state index contributed by atoms with van der Waals surface area (Å²) in [6, 6.07) is 5.03. The molecule has 1 fully saturated rings. The average molecular weight is 249 g/mol. The van der Waals surface area contributed by atoms with Gasteiger partial charge in [-0.2, -0.15) is 0 Å². The van der Waals surface area contributed by atoms with Gasteiger partial charge in [0, 0.05) is 36.1 Å². The first-order valence-electron chi connectivity index (χ1n) is 6.18. The van der Waals surface area contributed by atoms with Gasteiger partial charge in [-0.25, -0.2) is 0 Å². The van der Waals surface area contributed by atoms with Gasteiger partial charge < -0.3 is 10.6 Å². The minimum Gasteiger partial charge on any atom is -0.388 e. The number of benzene rings is 1. The molecule has 98 valence electrons. The van der Waals surface area contributed by atoms with Crippen LogP contribution in [0.25, 0.3) is 0 Å². The molecule has 0 aliphatic heterocycles. The van der Waals surface area contributed by atoms with E-state index >= 15 is 0 Å². The number of non-ortho nitro benzene ring substituents is 1. The summed E-state index contributed by atoms with van der Waals surface area (Å²) in [5.41, 5.74) is 1.64. The normalized spacial score (nSPS) is 15.3. The van der Waals surface area contributed by atoms with E-state index in [1.54, 1.807) is 13.1 Å². The van der Waals surface area contributed by atoms with Crippen molar-refractivity contribution in [2.75, 3.05) is 17.7 Å². The number of hydrogen-bond donors (Lipinski definition) is 2. The molecule has 0 spiro atoms. The second kappa shape index (κ2) is 4.48. The van der Waals surface area contributed by atoms with Crippen molar-refractivity contribution in [3.8, 4) is 0 Å². The van der Waals surface area contributed by atoms with Crippen LogP contribution in [-0.2, 0) is 0 Å². The summed E-state index contributed by atoms with van der Waals surface area (Å²) in [5, 5.41) is 17.2. The molecular weight excluding hydrogens is 230 g/mol. The summed E-state index contributed by atoms with van der Waals surface area (Å²) in [7, 11) is 1.76. The standard InChI is InChI=1S/C13H19N3O2/c1-13(2,9-4-5-9)15-11-6-10(14-3)7-12(8-11)16(17)18/h6-9,14-15H,4-5H2,1-3H3. The minimum absolute atomic E-state index is 0.0137. The molecule has 0 atom stereocenters. The molecule has 1 saturated carbocycles. The van der Waals surface area contributed by atoms with E-state index in [9.17, 15) is 10.1 Å². The summed E-state index contributed by atoms with van der Waals surface area (Å²) in [6.07, 6.45) is 2.46. The molecule has 1 aliphatic rings. The molecule has 0 unspecified atom stereocenters. The van der Waals surface area contributed by atoms with Crippen molar-refractivity contribution >= 4 is 17.1 Å². The lowest BCUT2D eigenvalue weighted by Gasteiger charge is -2.27. The molecule has 0 bridgehead atoms. The molecule has 0 amide bonds. The lowest BCUT2D eigenvalue weighted by molar-refractivity contribution is -0.384. The minimum atomic E-state index is -0.365. The number of anilines is 2. The van der Waals surface area contributed by atoms with Crippen molar-refractivity contribution in [1.82, 2.24) is 0 Å². The zero-order chi connectivity index (χ0) is 13.3. The van der Waals surface area contributed by atoms with Crippen molar-refractivity contribution < 1.29 is 4.92 Å². The third-order valence-corrected chi connectivity index (χ3v) is 3.48. The Kier molecular flexibility index (Phi) is 3.15. The van der Waals surface area contributed by atoms with E-state index in [0.29, 0.717) is 5.92 Å². The molecule has 0 heterocycles.